The summed E-state index contributed by atoms with van der Waals surface area (Å²) in [5.41, 5.74) is 1.44. The van der Waals surface area contributed by atoms with E-state index in [1.807, 2.05) is 18.2 Å². The van der Waals surface area contributed by atoms with Gasteiger partial charge in [-0.05, 0) is 40.8 Å². The molecule has 0 atom stereocenters. The number of fused-ring (bicyclic) bond motifs is 3. The van der Waals surface area contributed by atoms with Crippen molar-refractivity contribution < 1.29 is 8.81 Å². The minimum absolute atomic E-state index is 0.267. The number of rotatable bonds is 0. The van der Waals surface area contributed by atoms with Crippen molar-refractivity contribution in [3.63, 3.8) is 0 Å². The van der Waals surface area contributed by atoms with Crippen LogP contribution in [0.4, 0.5) is 4.39 Å². The van der Waals surface area contributed by atoms with Crippen LogP contribution in [-0.4, -0.2) is 0 Å². The standard InChI is InChI=1S/C12H6FIO/c13-7-4-5-8-9-2-1-3-10(14)12(9)15-11(8)6-7/h1-6H. The molecule has 2 aromatic carbocycles. The number of benzene rings is 2. The molecular formula is C12H6FIO. The van der Waals surface area contributed by atoms with Crippen molar-refractivity contribution >= 4 is 44.5 Å². The highest BCUT2D eigenvalue weighted by Crippen LogP contribution is 2.31. The van der Waals surface area contributed by atoms with Gasteiger partial charge in [-0.15, -0.1) is 0 Å². The van der Waals surface area contributed by atoms with Crippen LogP contribution in [-0.2, 0) is 0 Å². The predicted octanol–water partition coefficient (Wildman–Crippen LogP) is 4.33. The molecule has 0 unspecified atom stereocenters. The Hall–Kier alpha value is -1.10. The topological polar surface area (TPSA) is 13.1 Å². The molecule has 3 aromatic rings. The van der Waals surface area contributed by atoms with E-state index in [0.29, 0.717) is 5.58 Å². The SMILES string of the molecule is Fc1ccc2c(c1)oc1c(I)cccc12. The molecule has 74 valence electrons. The van der Waals surface area contributed by atoms with E-state index in [2.05, 4.69) is 22.6 Å². The van der Waals surface area contributed by atoms with E-state index >= 15 is 0 Å². The molecule has 1 nitrogen and oxygen atoms in total. The van der Waals surface area contributed by atoms with E-state index < -0.39 is 0 Å². The molecule has 0 aliphatic heterocycles. The molecule has 0 aliphatic carbocycles. The van der Waals surface area contributed by atoms with Gasteiger partial charge in [-0.2, -0.15) is 0 Å². The number of hydrogen-bond donors (Lipinski definition) is 0. The first-order valence-electron chi connectivity index (χ1n) is 4.52. The minimum Gasteiger partial charge on any atom is -0.455 e. The van der Waals surface area contributed by atoms with Gasteiger partial charge in [0.2, 0.25) is 0 Å². The zero-order valence-electron chi connectivity index (χ0n) is 7.63. The first-order valence-corrected chi connectivity index (χ1v) is 5.60. The molecule has 1 aromatic heterocycles. The van der Waals surface area contributed by atoms with Crippen molar-refractivity contribution in [2.24, 2.45) is 0 Å². The van der Waals surface area contributed by atoms with Gasteiger partial charge in [0.05, 0.1) is 3.57 Å². The maximum Gasteiger partial charge on any atom is 0.148 e. The first-order chi connectivity index (χ1) is 7.25. The van der Waals surface area contributed by atoms with Crippen molar-refractivity contribution in [3.8, 4) is 0 Å². The Morgan fingerprint density at radius 2 is 1.93 bits per heavy atom. The molecule has 0 radical (unpaired) electrons. The van der Waals surface area contributed by atoms with Crippen LogP contribution in [0.15, 0.2) is 40.8 Å². The van der Waals surface area contributed by atoms with Crippen LogP contribution in [0, 0.1) is 9.39 Å². The molecule has 0 spiro atoms. The van der Waals surface area contributed by atoms with E-state index in [0.717, 1.165) is 19.9 Å². The molecule has 3 rings (SSSR count). The van der Waals surface area contributed by atoms with E-state index in [9.17, 15) is 4.39 Å². The number of hydrogen-bond acceptors (Lipinski definition) is 1. The van der Waals surface area contributed by atoms with Gasteiger partial charge in [-0.25, -0.2) is 4.39 Å². The van der Waals surface area contributed by atoms with E-state index in [1.54, 1.807) is 6.07 Å². The monoisotopic (exact) mass is 312 g/mol. The third-order valence-electron chi connectivity index (χ3n) is 2.41. The molecular weight excluding hydrogens is 306 g/mol. The molecule has 15 heavy (non-hydrogen) atoms. The van der Waals surface area contributed by atoms with Crippen LogP contribution in [0.2, 0.25) is 0 Å². The molecule has 0 saturated heterocycles. The van der Waals surface area contributed by atoms with Crippen LogP contribution in [0.3, 0.4) is 0 Å². The second-order valence-electron chi connectivity index (χ2n) is 3.36. The predicted molar refractivity (Wildman–Crippen MR) is 66.4 cm³/mol. The number of furan rings is 1. The summed E-state index contributed by atoms with van der Waals surface area (Å²) in [7, 11) is 0. The third-order valence-corrected chi connectivity index (χ3v) is 3.26. The molecule has 0 bridgehead atoms. The molecule has 0 aliphatic rings. The fourth-order valence-electron chi connectivity index (χ4n) is 1.74. The second-order valence-corrected chi connectivity index (χ2v) is 4.52. The summed E-state index contributed by atoms with van der Waals surface area (Å²) in [5, 5.41) is 2.00. The zero-order valence-corrected chi connectivity index (χ0v) is 9.79. The summed E-state index contributed by atoms with van der Waals surface area (Å²) >= 11 is 2.21. The quantitative estimate of drug-likeness (QED) is 0.563. The Morgan fingerprint density at radius 1 is 1.07 bits per heavy atom. The van der Waals surface area contributed by atoms with Gasteiger partial charge in [0.15, 0.2) is 0 Å². The van der Waals surface area contributed by atoms with Gasteiger partial charge in [-0.3, -0.25) is 0 Å². The number of halogens is 2. The summed E-state index contributed by atoms with van der Waals surface area (Å²) in [6.45, 7) is 0. The fourth-order valence-corrected chi connectivity index (χ4v) is 2.35. The Kier molecular flexibility index (Phi) is 1.95. The lowest BCUT2D eigenvalue weighted by Gasteiger charge is -1.90. The van der Waals surface area contributed by atoms with Crippen molar-refractivity contribution in [2.75, 3.05) is 0 Å². The maximum atomic E-state index is 13.0. The Morgan fingerprint density at radius 3 is 2.80 bits per heavy atom. The Bertz CT molecular complexity index is 657. The smallest absolute Gasteiger partial charge is 0.148 e. The molecule has 0 fully saturated rings. The summed E-state index contributed by atoms with van der Waals surface area (Å²) in [6.07, 6.45) is 0. The summed E-state index contributed by atoms with van der Waals surface area (Å²) in [6, 6.07) is 10.6. The van der Waals surface area contributed by atoms with E-state index in [1.165, 1.54) is 12.1 Å². The van der Waals surface area contributed by atoms with Crippen LogP contribution in [0.5, 0.6) is 0 Å². The van der Waals surface area contributed by atoms with Crippen molar-refractivity contribution in [1.29, 1.82) is 0 Å². The average Bonchev–Trinajstić information content (AvgIpc) is 2.57. The summed E-state index contributed by atoms with van der Waals surface area (Å²) < 4.78 is 19.7. The zero-order chi connectivity index (χ0) is 10.4. The maximum absolute atomic E-state index is 13.0. The van der Waals surface area contributed by atoms with Gasteiger partial charge in [0.1, 0.15) is 17.0 Å². The molecule has 0 amide bonds. The van der Waals surface area contributed by atoms with Gasteiger partial charge in [-0.1, -0.05) is 12.1 Å². The molecule has 3 heteroatoms. The first kappa shape index (κ1) is 9.15. The highest BCUT2D eigenvalue weighted by molar-refractivity contribution is 14.1. The second kappa shape index (κ2) is 3.20. The largest absolute Gasteiger partial charge is 0.455 e. The van der Waals surface area contributed by atoms with Crippen LogP contribution >= 0.6 is 22.6 Å². The summed E-state index contributed by atoms with van der Waals surface area (Å²) in [5.74, 6) is -0.267. The number of para-hydroxylation sites is 1. The van der Waals surface area contributed by atoms with Crippen molar-refractivity contribution in [3.05, 3.63) is 45.8 Å². The fraction of sp³-hybridized carbons (Fsp3) is 0. The molecule has 0 N–H and O–H groups in total. The lowest BCUT2D eigenvalue weighted by atomic mass is 10.1. The molecule has 1 heterocycles. The highest BCUT2D eigenvalue weighted by atomic mass is 127. The highest BCUT2D eigenvalue weighted by Gasteiger charge is 2.09. The Balaban J connectivity index is 2.57. The van der Waals surface area contributed by atoms with Gasteiger partial charge < -0.3 is 4.42 Å². The van der Waals surface area contributed by atoms with Crippen LogP contribution < -0.4 is 0 Å². The summed E-state index contributed by atoms with van der Waals surface area (Å²) in [4.78, 5) is 0. The van der Waals surface area contributed by atoms with E-state index in [4.69, 9.17) is 4.42 Å². The van der Waals surface area contributed by atoms with Gasteiger partial charge in [0.25, 0.3) is 0 Å². The minimum atomic E-state index is -0.267. The van der Waals surface area contributed by atoms with Gasteiger partial charge >= 0.3 is 0 Å². The van der Waals surface area contributed by atoms with E-state index in [-0.39, 0.29) is 5.82 Å². The Labute approximate surface area is 99.0 Å². The third kappa shape index (κ3) is 1.33. The van der Waals surface area contributed by atoms with Crippen LogP contribution in [0.25, 0.3) is 21.9 Å². The lowest BCUT2D eigenvalue weighted by Crippen LogP contribution is -1.71. The lowest BCUT2D eigenvalue weighted by molar-refractivity contribution is 0.618. The van der Waals surface area contributed by atoms with Crippen LogP contribution in [0.1, 0.15) is 0 Å². The average molecular weight is 312 g/mol. The molecule has 0 saturated carbocycles. The van der Waals surface area contributed by atoms with Gasteiger partial charge in [0, 0.05) is 16.8 Å². The normalized spacial score (nSPS) is 11.3. The van der Waals surface area contributed by atoms with Crippen molar-refractivity contribution in [1.82, 2.24) is 0 Å². The van der Waals surface area contributed by atoms with Crippen molar-refractivity contribution in [2.45, 2.75) is 0 Å².